The summed E-state index contributed by atoms with van der Waals surface area (Å²) in [7, 11) is 0. The van der Waals surface area contributed by atoms with E-state index >= 15 is 0 Å². The van der Waals surface area contributed by atoms with Crippen LogP contribution in [-0.4, -0.2) is 11.7 Å². The van der Waals surface area contributed by atoms with Gasteiger partial charge in [-0.25, -0.2) is 0 Å². The highest BCUT2D eigenvalue weighted by Gasteiger charge is 2.09. The van der Waals surface area contributed by atoms with Crippen molar-refractivity contribution in [3.63, 3.8) is 0 Å². The summed E-state index contributed by atoms with van der Waals surface area (Å²) in [6, 6.07) is 5.48. The first-order valence-electron chi connectivity index (χ1n) is 4.50. The molecule has 0 radical (unpaired) electrons. The van der Waals surface area contributed by atoms with Crippen LogP contribution in [0.5, 0.6) is 5.75 Å². The zero-order valence-electron chi connectivity index (χ0n) is 7.70. The molecule has 2 nitrogen and oxygen atoms in total. The van der Waals surface area contributed by atoms with Crippen molar-refractivity contribution in [1.82, 2.24) is 0 Å². The first-order chi connectivity index (χ1) is 6.27. The molecular formula is C11H13NO. The molecule has 0 atom stereocenters. The third kappa shape index (κ3) is 1.52. The van der Waals surface area contributed by atoms with Crippen LogP contribution in [0.3, 0.4) is 0 Å². The number of phenolic OH excluding ortho intramolecular Hbond substituents is 1. The molecule has 2 rings (SSSR count). The van der Waals surface area contributed by atoms with Crippen LogP contribution in [0.15, 0.2) is 30.5 Å². The number of benzene rings is 1. The number of rotatable bonds is 1. The molecule has 1 aromatic rings. The van der Waals surface area contributed by atoms with E-state index in [4.69, 9.17) is 0 Å². The normalized spacial score (nSPS) is 15.3. The summed E-state index contributed by atoms with van der Waals surface area (Å²) in [4.78, 5) is 2.20. The molecule has 1 aliphatic rings. The molecule has 0 aromatic heterocycles. The summed E-state index contributed by atoms with van der Waals surface area (Å²) in [5, 5.41) is 9.24. The number of aryl methyl sites for hydroxylation is 1. The molecule has 1 heterocycles. The Kier molecular flexibility index (Phi) is 1.97. The highest BCUT2D eigenvalue weighted by Crippen LogP contribution is 2.26. The van der Waals surface area contributed by atoms with Gasteiger partial charge < -0.3 is 10.0 Å². The number of phenols is 1. The molecule has 0 bridgehead atoms. The van der Waals surface area contributed by atoms with Gasteiger partial charge in [0.05, 0.1) is 0 Å². The molecule has 0 unspecified atom stereocenters. The maximum absolute atomic E-state index is 9.24. The summed E-state index contributed by atoms with van der Waals surface area (Å²) in [5.74, 6) is 0.337. The lowest BCUT2D eigenvalue weighted by Crippen LogP contribution is -2.13. The second kappa shape index (κ2) is 3.13. The second-order valence-electron chi connectivity index (χ2n) is 3.34. The first kappa shape index (κ1) is 8.17. The van der Waals surface area contributed by atoms with Gasteiger partial charge in [-0.15, -0.1) is 0 Å². The Morgan fingerprint density at radius 2 is 2.23 bits per heavy atom. The summed E-state index contributed by atoms with van der Waals surface area (Å²) in [6.07, 6.45) is 5.37. The highest BCUT2D eigenvalue weighted by molar-refractivity contribution is 5.58. The maximum Gasteiger partial charge on any atom is 0.115 e. The summed E-state index contributed by atoms with van der Waals surface area (Å²) >= 11 is 0. The molecule has 0 spiro atoms. The van der Waals surface area contributed by atoms with Gasteiger partial charge in [0.25, 0.3) is 0 Å². The maximum atomic E-state index is 9.24. The summed E-state index contributed by atoms with van der Waals surface area (Å²) < 4.78 is 0. The van der Waals surface area contributed by atoms with Gasteiger partial charge >= 0.3 is 0 Å². The minimum Gasteiger partial charge on any atom is -0.508 e. The van der Waals surface area contributed by atoms with Crippen LogP contribution in [0.25, 0.3) is 0 Å². The van der Waals surface area contributed by atoms with Gasteiger partial charge in [-0.3, -0.25) is 0 Å². The van der Waals surface area contributed by atoms with Gasteiger partial charge in [0.15, 0.2) is 0 Å². The Morgan fingerprint density at radius 3 is 2.85 bits per heavy atom. The zero-order chi connectivity index (χ0) is 9.26. The fourth-order valence-electron chi connectivity index (χ4n) is 1.65. The first-order valence-corrected chi connectivity index (χ1v) is 4.50. The van der Waals surface area contributed by atoms with E-state index in [0.717, 1.165) is 18.5 Å². The molecule has 1 aliphatic heterocycles. The minimum absolute atomic E-state index is 0.337. The van der Waals surface area contributed by atoms with Crippen molar-refractivity contribution in [3.8, 4) is 5.75 Å². The van der Waals surface area contributed by atoms with Gasteiger partial charge in [0.1, 0.15) is 5.75 Å². The van der Waals surface area contributed by atoms with Crippen molar-refractivity contribution < 1.29 is 5.11 Å². The third-order valence-electron chi connectivity index (χ3n) is 2.31. The summed E-state index contributed by atoms with van der Waals surface area (Å²) in [5.41, 5.74) is 2.30. The molecule has 2 heteroatoms. The topological polar surface area (TPSA) is 23.5 Å². The predicted molar refractivity (Wildman–Crippen MR) is 53.9 cm³/mol. The van der Waals surface area contributed by atoms with E-state index in [2.05, 4.69) is 17.2 Å². The quantitative estimate of drug-likeness (QED) is 0.708. The van der Waals surface area contributed by atoms with Gasteiger partial charge in [0.2, 0.25) is 0 Å². The second-order valence-corrected chi connectivity index (χ2v) is 3.34. The molecule has 0 saturated heterocycles. The van der Waals surface area contributed by atoms with E-state index in [1.807, 2.05) is 13.0 Å². The Morgan fingerprint density at radius 1 is 1.38 bits per heavy atom. The molecule has 0 fully saturated rings. The van der Waals surface area contributed by atoms with Crippen LogP contribution in [0.1, 0.15) is 12.0 Å². The van der Waals surface area contributed by atoms with E-state index in [9.17, 15) is 5.11 Å². The largest absolute Gasteiger partial charge is 0.508 e. The molecule has 68 valence electrons. The van der Waals surface area contributed by atoms with Crippen LogP contribution < -0.4 is 4.90 Å². The Hall–Kier alpha value is -1.44. The van der Waals surface area contributed by atoms with E-state index in [1.165, 1.54) is 5.69 Å². The zero-order valence-corrected chi connectivity index (χ0v) is 7.70. The molecule has 1 N–H and O–H groups in total. The van der Waals surface area contributed by atoms with E-state index in [-0.39, 0.29) is 0 Å². The molecule has 13 heavy (non-hydrogen) atoms. The Balaban J connectivity index is 2.34. The molecular weight excluding hydrogens is 162 g/mol. The average molecular weight is 175 g/mol. The number of nitrogens with zero attached hydrogens (tertiary/aromatic N) is 1. The Bertz CT molecular complexity index is 344. The van der Waals surface area contributed by atoms with Gasteiger partial charge in [-0.1, -0.05) is 6.08 Å². The summed E-state index contributed by atoms with van der Waals surface area (Å²) in [6.45, 7) is 3.06. The van der Waals surface area contributed by atoms with Crippen LogP contribution >= 0.6 is 0 Å². The van der Waals surface area contributed by atoms with Gasteiger partial charge in [0, 0.05) is 18.4 Å². The lowest BCUT2D eigenvalue weighted by molar-refractivity contribution is 0.475. The van der Waals surface area contributed by atoms with Crippen LogP contribution in [0.4, 0.5) is 5.69 Å². The molecule has 0 saturated carbocycles. The smallest absolute Gasteiger partial charge is 0.115 e. The average Bonchev–Trinajstić information content (AvgIpc) is 2.56. The standard InChI is InChI=1S/C11H13NO/c1-9-8-10(13)4-5-11(9)12-6-2-3-7-12/h2,4-6,8,13H,3,7H2,1H3. The fourth-order valence-corrected chi connectivity index (χ4v) is 1.65. The SMILES string of the molecule is Cc1cc(O)ccc1N1C=CCC1. The molecule has 0 aliphatic carbocycles. The Labute approximate surface area is 78.1 Å². The van der Waals surface area contributed by atoms with E-state index in [0.29, 0.717) is 5.75 Å². The fraction of sp³-hybridized carbons (Fsp3) is 0.273. The van der Waals surface area contributed by atoms with Crippen molar-refractivity contribution in [2.45, 2.75) is 13.3 Å². The van der Waals surface area contributed by atoms with Crippen LogP contribution in [0.2, 0.25) is 0 Å². The number of anilines is 1. The highest BCUT2D eigenvalue weighted by atomic mass is 16.3. The molecule has 1 aromatic carbocycles. The van der Waals surface area contributed by atoms with Crippen molar-refractivity contribution >= 4 is 5.69 Å². The van der Waals surface area contributed by atoms with Gasteiger partial charge in [-0.2, -0.15) is 0 Å². The lowest BCUT2D eigenvalue weighted by atomic mass is 10.2. The third-order valence-corrected chi connectivity index (χ3v) is 2.31. The lowest BCUT2D eigenvalue weighted by Gasteiger charge is -2.17. The predicted octanol–water partition coefficient (Wildman–Crippen LogP) is 2.42. The van der Waals surface area contributed by atoms with Crippen LogP contribution in [-0.2, 0) is 0 Å². The van der Waals surface area contributed by atoms with Crippen LogP contribution in [0, 0.1) is 6.92 Å². The van der Waals surface area contributed by atoms with E-state index in [1.54, 1.807) is 12.1 Å². The van der Waals surface area contributed by atoms with Crippen molar-refractivity contribution in [2.75, 3.05) is 11.4 Å². The van der Waals surface area contributed by atoms with Crippen molar-refractivity contribution in [3.05, 3.63) is 36.0 Å². The molecule has 0 amide bonds. The monoisotopic (exact) mass is 175 g/mol. The number of aromatic hydroxyl groups is 1. The van der Waals surface area contributed by atoms with E-state index < -0.39 is 0 Å². The van der Waals surface area contributed by atoms with Crippen molar-refractivity contribution in [1.29, 1.82) is 0 Å². The number of hydrogen-bond acceptors (Lipinski definition) is 2. The van der Waals surface area contributed by atoms with Gasteiger partial charge in [-0.05, 0) is 37.1 Å². The number of hydrogen-bond donors (Lipinski definition) is 1. The van der Waals surface area contributed by atoms with Crippen molar-refractivity contribution in [2.24, 2.45) is 0 Å². The minimum atomic E-state index is 0.337.